The number of ether oxygens (including phenoxy) is 1. The molecule has 0 heterocycles. The topological polar surface area (TPSA) is 136 Å². The molecule has 0 aliphatic heterocycles. The highest BCUT2D eigenvalue weighted by atomic mass is 16.5. The fourth-order valence-electron chi connectivity index (χ4n) is 2.57. The van der Waals surface area contributed by atoms with E-state index in [4.69, 9.17) is 15.1 Å². The van der Waals surface area contributed by atoms with Crippen LogP contribution in [0.25, 0.3) is 0 Å². The van der Waals surface area contributed by atoms with Gasteiger partial charge in [0, 0.05) is 19.4 Å². The summed E-state index contributed by atoms with van der Waals surface area (Å²) in [6.07, 6.45) is 1.23. The molecule has 7 N–H and O–H groups in total. The second-order valence-corrected chi connectivity index (χ2v) is 6.34. The largest absolute Gasteiger partial charge is 0.457 e. The van der Waals surface area contributed by atoms with Gasteiger partial charge >= 0.3 is 0 Å². The van der Waals surface area contributed by atoms with Crippen LogP contribution in [-0.2, 0) is 22.4 Å². The summed E-state index contributed by atoms with van der Waals surface area (Å²) in [5, 5.41) is 19.8. The van der Waals surface area contributed by atoms with Gasteiger partial charge in [0.15, 0.2) is 6.04 Å². The Balaban J connectivity index is 1.86. The summed E-state index contributed by atoms with van der Waals surface area (Å²) >= 11 is 0. The molecule has 0 bridgehead atoms. The first-order valence-corrected chi connectivity index (χ1v) is 9.02. The van der Waals surface area contributed by atoms with Crippen LogP contribution in [0.15, 0.2) is 48.5 Å². The standard InChI is InChI=1S/C20H25N3O5/c21-18(20(26)22-11-12-24)13-15-3-8-17(9-4-15)28-16-6-1-14(2-7-16)5-10-19(25)23-27/h1-4,6-9,18,24,27H,5,10-13,21H2,(H,22,26)(H,23,25)/p+1/t18-/m0/s1. The number of hydroxylamine groups is 1. The van der Waals surface area contributed by atoms with Crippen LogP contribution in [0.4, 0.5) is 0 Å². The van der Waals surface area contributed by atoms with Gasteiger partial charge in [-0.2, -0.15) is 0 Å². The van der Waals surface area contributed by atoms with E-state index < -0.39 is 11.9 Å². The van der Waals surface area contributed by atoms with E-state index in [0.29, 0.717) is 24.3 Å². The molecule has 150 valence electrons. The van der Waals surface area contributed by atoms with Crippen molar-refractivity contribution in [3.8, 4) is 11.5 Å². The molecule has 8 heteroatoms. The van der Waals surface area contributed by atoms with E-state index in [2.05, 4.69) is 11.1 Å². The lowest BCUT2D eigenvalue weighted by Gasteiger charge is -2.10. The minimum atomic E-state index is -0.432. The lowest BCUT2D eigenvalue weighted by atomic mass is 10.1. The maximum Gasteiger partial charge on any atom is 0.278 e. The minimum Gasteiger partial charge on any atom is -0.457 e. The average molecular weight is 388 g/mol. The molecule has 2 amide bonds. The molecule has 0 saturated heterocycles. The number of rotatable bonds is 10. The number of nitrogens with one attached hydrogen (secondary N) is 2. The van der Waals surface area contributed by atoms with Crippen LogP contribution in [0.2, 0.25) is 0 Å². The van der Waals surface area contributed by atoms with Gasteiger partial charge in [-0.15, -0.1) is 0 Å². The van der Waals surface area contributed by atoms with Crippen molar-refractivity contribution in [3.05, 3.63) is 59.7 Å². The van der Waals surface area contributed by atoms with Gasteiger partial charge in [0.1, 0.15) is 11.5 Å². The second-order valence-electron chi connectivity index (χ2n) is 6.34. The van der Waals surface area contributed by atoms with Crippen molar-refractivity contribution in [2.45, 2.75) is 25.3 Å². The molecule has 0 aromatic heterocycles. The third kappa shape index (κ3) is 6.99. The molecular weight excluding hydrogens is 362 g/mol. The van der Waals surface area contributed by atoms with Crippen LogP contribution in [0.3, 0.4) is 0 Å². The van der Waals surface area contributed by atoms with Crippen molar-refractivity contribution in [2.75, 3.05) is 13.2 Å². The normalized spacial score (nSPS) is 11.5. The van der Waals surface area contributed by atoms with Crippen molar-refractivity contribution in [3.63, 3.8) is 0 Å². The summed E-state index contributed by atoms with van der Waals surface area (Å²) in [6.45, 7) is 0.133. The zero-order valence-corrected chi connectivity index (χ0v) is 15.6. The number of aliphatic hydroxyl groups excluding tert-OH is 1. The maximum atomic E-state index is 11.8. The maximum absolute atomic E-state index is 11.8. The predicted molar refractivity (Wildman–Crippen MR) is 102 cm³/mol. The first-order valence-electron chi connectivity index (χ1n) is 9.02. The summed E-state index contributed by atoms with van der Waals surface area (Å²) < 4.78 is 5.80. The van der Waals surface area contributed by atoms with Gasteiger partial charge in [-0.1, -0.05) is 24.3 Å². The summed E-state index contributed by atoms with van der Waals surface area (Å²) in [5.74, 6) is 0.727. The lowest BCUT2D eigenvalue weighted by molar-refractivity contribution is -0.403. The van der Waals surface area contributed by atoms with Crippen LogP contribution in [0.1, 0.15) is 17.5 Å². The van der Waals surface area contributed by atoms with Crippen LogP contribution in [0.5, 0.6) is 11.5 Å². The highest BCUT2D eigenvalue weighted by molar-refractivity contribution is 5.80. The highest BCUT2D eigenvalue weighted by Gasteiger charge is 2.17. The monoisotopic (exact) mass is 388 g/mol. The second kappa shape index (κ2) is 11.0. The van der Waals surface area contributed by atoms with Crippen LogP contribution >= 0.6 is 0 Å². The average Bonchev–Trinajstić information content (AvgIpc) is 2.72. The number of aliphatic hydroxyl groups is 1. The first-order chi connectivity index (χ1) is 13.5. The first kappa shape index (κ1) is 21.4. The Hall–Kier alpha value is -2.94. The lowest BCUT2D eigenvalue weighted by Crippen LogP contribution is -2.68. The van der Waals surface area contributed by atoms with E-state index in [9.17, 15) is 9.59 Å². The third-order valence-electron chi connectivity index (χ3n) is 4.11. The quantitative estimate of drug-likeness (QED) is 0.292. The third-order valence-corrected chi connectivity index (χ3v) is 4.11. The number of benzene rings is 2. The van der Waals surface area contributed by atoms with E-state index in [0.717, 1.165) is 11.1 Å². The minimum absolute atomic E-state index is 0.0938. The molecule has 0 fully saturated rings. The van der Waals surface area contributed by atoms with Crippen LogP contribution in [0, 0.1) is 0 Å². The molecule has 0 saturated carbocycles. The van der Waals surface area contributed by atoms with E-state index in [1.165, 1.54) is 0 Å². The molecule has 0 radical (unpaired) electrons. The van der Waals surface area contributed by atoms with E-state index >= 15 is 0 Å². The van der Waals surface area contributed by atoms with Gasteiger partial charge in [-0.25, -0.2) is 5.48 Å². The van der Waals surface area contributed by atoms with E-state index in [1.54, 1.807) is 5.48 Å². The molecule has 1 atom stereocenters. The Kier molecular flexibility index (Phi) is 8.41. The van der Waals surface area contributed by atoms with Crippen molar-refractivity contribution in [2.24, 2.45) is 0 Å². The van der Waals surface area contributed by atoms with Crippen LogP contribution in [-0.4, -0.2) is 41.3 Å². The summed E-state index contributed by atoms with van der Waals surface area (Å²) in [5.41, 5.74) is 7.39. The van der Waals surface area contributed by atoms with Gasteiger partial charge in [0.2, 0.25) is 5.91 Å². The molecular formula is C20H26N3O5+. The number of hydrogen-bond acceptors (Lipinski definition) is 5. The van der Waals surface area contributed by atoms with Crippen molar-refractivity contribution in [1.29, 1.82) is 0 Å². The van der Waals surface area contributed by atoms with Crippen molar-refractivity contribution >= 4 is 11.8 Å². The van der Waals surface area contributed by atoms with Gasteiger partial charge in [-0.05, 0) is 41.8 Å². The van der Waals surface area contributed by atoms with Gasteiger partial charge in [0.25, 0.3) is 5.91 Å². The summed E-state index contributed by atoms with van der Waals surface area (Å²) in [4.78, 5) is 22.8. The zero-order valence-electron chi connectivity index (χ0n) is 15.6. The fourth-order valence-corrected chi connectivity index (χ4v) is 2.57. The molecule has 0 unspecified atom stereocenters. The van der Waals surface area contributed by atoms with Gasteiger partial charge < -0.3 is 20.9 Å². The summed E-state index contributed by atoms with van der Waals surface area (Å²) in [6, 6.07) is 14.4. The smallest absolute Gasteiger partial charge is 0.278 e. The molecule has 28 heavy (non-hydrogen) atoms. The Morgan fingerprint density at radius 2 is 1.57 bits per heavy atom. The molecule has 2 rings (SSSR count). The van der Waals surface area contributed by atoms with Crippen LogP contribution < -0.4 is 21.3 Å². The van der Waals surface area contributed by atoms with Gasteiger partial charge in [0.05, 0.1) is 6.61 Å². The zero-order chi connectivity index (χ0) is 20.4. The Morgan fingerprint density at radius 3 is 2.11 bits per heavy atom. The molecule has 0 aliphatic carbocycles. The molecule has 2 aromatic rings. The van der Waals surface area contributed by atoms with E-state index in [1.807, 2.05) is 48.5 Å². The highest BCUT2D eigenvalue weighted by Crippen LogP contribution is 2.22. The molecule has 2 aromatic carbocycles. The fraction of sp³-hybridized carbons (Fsp3) is 0.300. The molecule has 0 aliphatic rings. The Labute approximate surface area is 163 Å². The van der Waals surface area contributed by atoms with Crippen molar-refractivity contribution < 1.29 is 30.4 Å². The van der Waals surface area contributed by atoms with Gasteiger partial charge in [-0.3, -0.25) is 14.8 Å². The number of amides is 2. The van der Waals surface area contributed by atoms with Crippen molar-refractivity contribution in [1.82, 2.24) is 10.8 Å². The summed E-state index contributed by atoms with van der Waals surface area (Å²) in [7, 11) is 0. The SMILES string of the molecule is [NH3+][C@@H](Cc1ccc(Oc2ccc(CCC(=O)NO)cc2)cc1)C(=O)NCCO. The molecule has 0 spiro atoms. The number of carbonyl (C=O) groups is 2. The number of quaternary nitrogens is 1. The Morgan fingerprint density at radius 1 is 1.00 bits per heavy atom. The number of aryl methyl sites for hydroxylation is 1. The van der Waals surface area contributed by atoms with E-state index in [-0.39, 0.29) is 25.5 Å². The Bertz CT molecular complexity index is 762. The molecule has 8 nitrogen and oxygen atoms in total. The number of hydrogen-bond donors (Lipinski definition) is 5. The number of carbonyl (C=O) groups excluding carboxylic acids is 2. The predicted octanol–water partition coefficient (Wildman–Crippen LogP) is 0.178.